The van der Waals surface area contributed by atoms with Crippen LogP contribution in [0.3, 0.4) is 0 Å². The average molecular weight is 381 g/mol. The summed E-state index contributed by atoms with van der Waals surface area (Å²) in [4.78, 5) is 12.1. The summed E-state index contributed by atoms with van der Waals surface area (Å²) in [5.41, 5.74) is 2.17. The van der Waals surface area contributed by atoms with Crippen molar-refractivity contribution in [3.8, 4) is 5.69 Å². The normalized spacial score (nSPS) is 11.9. The van der Waals surface area contributed by atoms with Crippen LogP contribution in [0.2, 0.25) is 0 Å². The maximum absolute atomic E-state index is 12.1. The van der Waals surface area contributed by atoms with Crippen molar-refractivity contribution < 1.29 is 4.79 Å². The number of para-hydroxylation sites is 1. The van der Waals surface area contributed by atoms with E-state index in [0.29, 0.717) is 12.2 Å². The van der Waals surface area contributed by atoms with Crippen molar-refractivity contribution in [1.29, 1.82) is 0 Å². The van der Waals surface area contributed by atoms with Gasteiger partial charge in [0, 0.05) is 18.2 Å². The Balaban J connectivity index is 1.82. The molecule has 0 saturated carbocycles. The molecule has 3 rings (SSSR count). The van der Waals surface area contributed by atoms with Gasteiger partial charge in [-0.05, 0) is 31.0 Å². The molecule has 0 spiro atoms. The van der Waals surface area contributed by atoms with Gasteiger partial charge in [0.15, 0.2) is 5.16 Å². The van der Waals surface area contributed by atoms with Crippen LogP contribution >= 0.6 is 11.8 Å². The Kier molecular flexibility index (Phi) is 6.65. The van der Waals surface area contributed by atoms with Crippen LogP contribution in [0.1, 0.15) is 31.7 Å². The Labute approximate surface area is 164 Å². The molecular weight excluding hydrogens is 356 g/mol. The standard InChI is InChI=1S/C21H24N4OS/c1-3-16(2)22-20(26)15-27-21-24-23-19(14-17-10-6-4-7-11-17)25(21)18-12-8-5-9-13-18/h4-13,16H,3,14-15H2,1-2H3,(H,22,26). The molecule has 1 heterocycles. The molecule has 1 unspecified atom stereocenters. The van der Waals surface area contributed by atoms with Gasteiger partial charge in [0.2, 0.25) is 5.91 Å². The van der Waals surface area contributed by atoms with Gasteiger partial charge < -0.3 is 5.32 Å². The Morgan fingerprint density at radius 1 is 1.07 bits per heavy atom. The quantitative estimate of drug-likeness (QED) is 0.603. The molecule has 0 aliphatic heterocycles. The highest BCUT2D eigenvalue weighted by molar-refractivity contribution is 7.99. The van der Waals surface area contributed by atoms with Crippen LogP contribution in [-0.2, 0) is 11.2 Å². The second kappa shape index (κ2) is 9.37. The highest BCUT2D eigenvalue weighted by Gasteiger charge is 2.16. The van der Waals surface area contributed by atoms with E-state index < -0.39 is 0 Å². The van der Waals surface area contributed by atoms with Crippen LogP contribution < -0.4 is 5.32 Å². The predicted molar refractivity (Wildman–Crippen MR) is 109 cm³/mol. The van der Waals surface area contributed by atoms with Gasteiger partial charge in [-0.3, -0.25) is 9.36 Å². The molecule has 0 radical (unpaired) electrons. The van der Waals surface area contributed by atoms with E-state index in [1.807, 2.05) is 60.0 Å². The first kappa shape index (κ1) is 19.2. The lowest BCUT2D eigenvalue weighted by atomic mass is 10.1. The van der Waals surface area contributed by atoms with E-state index in [-0.39, 0.29) is 11.9 Å². The molecule has 2 aromatic carbocycles. The SMILES string of the molecule is CCC(C)NC(=O)CSc1nnc(Cc2ccccc2)n1-c1ccccc1. The Morgan fingerprint density at radius 2 is 1.74 bits per heavy atom. The largest absolute Gasteiger partial charge is 0.353 e. The maximum Gasteiger partial charge on any atom is 0.230 e. The molecule has 0 bridgehead atoms. The fraction of sp³-hybridized carbons (Fsp3) is 0.286. The monoisotopic (exact) mass is 380 g/mol. The van der Waals surface area contributed by atoms with Crippen molar-refractivity contribution in [1.82, 2.24) is 20.1 Å². The van der Waals surface area contributed by atoms with Crippen molar-refractivity contribution in [3.05, 3.63) is 72.1 Å². The lowest BCUT2D eigenvalue weighted by molar-refractivity contribution is -0.119. The Hall–Kier alpha value is -2.60. The second-order valence-electron chi connectivity index (χ2n) is 6.40. The summed E-state index contributed by atoms with van der Waals surface area (Å²) in [5, 5.41) is 12.5. The molecule has 27 heavy (non-hydrogen) atoms. The lowest BCUT2D eigenvalue weighted by Crippen LogP contribution is -2.33. The number of rotatable bonds is 8. The predicted octanol–water partition coefficient (Wildman–Crippen LogP) is 3.86. The van der Waals surface area contributed by atoms with Gasteiger partial charge in [0.05, 0.1) is 5.75 Å². The number of carbonyl (C=O) groups is 1. The van der Waals surface area contributed by atoms with Gasteiger partial charge in [-0.15, -0.1) is 10.2 Å². The van der Waals surface area contributed by atoms with E-state index in [4.69, 9.17) is 0 Å². The minimum Gasteiger partial charge on any atom is -0.353 e. The summed E-state index contributed by atoms with van der Waals surface area (Å²) in [7, 11) is 0. The molecule has 140 valence electrons. The number of benzene rings is 2. The number of hydrogen-bond donors (Lipinski definition) is 1. The number of nitrogens with zero attached hydrogens (tertiary/aromatic N) is 3. The molecule has 0 aliphatic rings. The van der Waals surface area contributed by atoms with Gasteiger partial charge in [-0.1, -0.05) is 67.2 Å². The fourth-order valence-corrected chi connectivity index (χ4v) is 3.45. The Bertz CT molecular complexity index is 864. The highest BCUT2D eigenvalue weighted by atomic mass is 32.2. The molecule has 1 atom stereocenters. The van der Waals surface area contributed by atoms with Crippen LogP contribution in [0.15, 0.2) is 65.8 Å². The summed E-state index contributed by atoms with van der Waals surface area (Å²) >= 11 is 1.41. The molecule has 1 aromatic heterocycles. The first-order chi connectivity index (χ1) is 13.2. The van der Waals surface area contributed by atoms with Crippen LogP contribution in [0.25, 0.3) is 5.69 Å². The number of hydrogen-bond acceptors (Lipinski definition) is 4. The summed E-state index contributed by atoms with van der Waals surface area (Å²) in [6.07, 6.45) is 1.60. The first-order valence-electron chi connectivity index (χ1n) is 9.13. The average Bonchev–Trinajstić information content (AvgIpc) is 3.10. The molecule has 5 nitrogen and oxygen atoms in total. The number of amides is 1. The van der Waals surface area contributed by atoms with Crippen molar-refractivity contribution in [2.75, 3.05) is 5.75 Å². The van der Waals surface area contributed by atoms with Crippen molar-refractivity contribution in [3.63, 3.8) is 0 Å². The summed E-state index contributed by atoms with van der Waals surface area (Å²) in [5.74, 6) is 1.19. The molecule has 0 aliphatic carbocycles. The van der Waals surface area contributed by atoms with Gasteiger partial charge in [-0.2, -0.15) is 0 Å². The zero-order chi connectivity index (χ0) is 19.1. The van der Waals surface area contributed by atoms with E-state index in [9.17, 15) is 4.79 Å². The van der Waals surface area contributed by atoms with E-state index >= 15 is 0 Å². The summed E-state index contributed by atoms with van der Waals surface area (Å²) < 4.78 is 2.04. The van der Waals surface area contributed by atoms with Crippen LogP contribution in [0, 0.1) is 0 Å². The Morgan fingerprint density at radius 3 is 2.41 bits per heavy atom. The first-order valence-corrected chi connectivity index (χ1v) is 10.1. The fourth-order valence-electron chi connectivity index (χ4n) is 2.67. The molecule has 1 amide bonds. The molecule has 6 heteroatoms. The van der Waals surface area contributed by atoms with E-state index in [1.165, 1.54) is 17.3 Å². The van der Waals surface area contributed by atoms with Crippen molar-refractivity contribution >= 4 is 17.7 Å². The number of carbonyl (C=O) groups excluding carboxylic acids is 1. The van der Waals surface area contributed by atoms with Crippen molar-refractivity contribution in [2.45, 2.75) is 37.9 Å². The lowest BCUT2D eigenvalue weighted by Gasteiger charge is -2.12. The molecule has 0 fully saturated rings. The van der Waals surface area contributed by atoms with Gasteiger partial charge in [0.25, 0.3) is 0 Å². The van der Waals surface area contributed by atoms with Crippen LogP contribution in [-0.4, -0.2) is 32.5 Å². The molecule has 1 N–H and O–H groups in total. The third-order valence-corrected chi connectivity index (χ3v) is 5.20. The number of aromatic nitrogens is 3. The van der Waals surface area contributed by atoms with Crippen molar-refractivity contribution in [2.24, 2.45) is 0 Å². The number of thioether (sulfide) groups is 1. The zero-order valence-electron chi connectivity index (χ0n) is 15.6. The zero-order valence-corrected chi connectivity index (χ0v) is 16.4. The van der Waals surface area contributed by atoms with Crippen LogP contribution in [0.4, 0.5) is 0 Å². The second-order valence-corrected chi connectivity index (χ2v) is 7.34. The minimum atomic E-state index is 0.0153. The summed E-state index contributed by atoms with van der Waals surface area (Å²) in [6, 6.07) is 20.4. The van der Waals surface area contributed by atoms with E-state index in [1.54, 1.807) is 0 Å². The third-order valence-electron chi connectivity index (χ3n) is 4.27. The smallest absolute Gasteiger partial charge is 0.230 e. The van der Waals surface area contributed by atoms with Crippen LogP contribution in [0.5, 0.6) is 0 Å². The topological polar surface area (TPSA) is 59.8 Å². The molecule has 3 aromatic rings. The van der Waals surface area contributed by atoms with Gasteiger partial charge in [0.1, 0.15) is 5.82 Å². The third kappa shape index (κ3) is 5.20. The van der Waals surface area contributed by atoms with E-state index in [0.717, 1.165) is 23.1 Å². The number of nitrogens with one attached hydrogen (secondary N) is 1. The van der Waals surface area contributed by atoms with E-state index in [2.05, 4.69) is 34.6 Å². The minimum absolute atomic E-state index is 0.0153. The summed E-state index contributed by atoms with van der Waals surface area (Å²) in [6.45, 7) is 4.06. The molecular formula is C21H24N4OS. The molecule has 0 saturated heterocycles. The highest BCUT2D eigenvalue weighted by Crippen LogP contribution is 2.23. The van der Waals surface area contributed by atoms with Gasteiger partial charge >= 0.3 is 0 Å². The maximum atomic E-state index is 12.1. The van der Waals surface area contributed by atoms with Gasteiger partial charge in [-0.25, -0.2) is 0 Å².